The summed E-state index contributed by atoms with van der Waals surface area (Å²) in [6, 6.07) is 14.3. The molecule has 2 aliphatic heterocycles. The Bertz CT molecular complexity index is 967. The molecule has 1 N–H and O–H groups in total. The number of alkyl halides is 3. The fourth-order valence-corrected chi connectivity index (χ4v) is 5.44. The Morgan fingerprint density at radius 2 is 1.67 bits per heavy atom. The van der Waals surface area contributed by atoms with E-state index in [9.17, 15) is 18.0 Å². The third-order valence-corrected chi connectivity index (χ3v) is 7.68. The van der Waals surface area contributed by atoms with Crippen LogP contribution >= 0.6 is 0 Å². The largest absolute Gasteiger partial charge is 0.416 e. The summed E-state index contributed by atoms with van der Waals surface area (Å²) in [7, 11) is 0. The van der Waals surface area contributed by atoms with Crippen molar-refractivity contribution in [3.8, 4) is 0 Å². The summed E-state index contributed by atoms with van der Waals surface area (Å²) in [5, 5.41) is 3.60. The maximum atomic E-state index is 12.9. The lowest BCUT2D eigenvalue weighted by Crippen LogP contribution is -2.45. The lowest BCUT2D eigenvalue weighted by Gasteiger charge is -2.35. The molecule has 36 heavy (non-hydrogen) atoms. The van der Waals surface area contributed by atoms with Gasteiger partial charge in [-0.3, -0.25) is 4.79 Å². The Hall–Kier alpha value is -2.70. The van der Waals surface area contributed by atoms with Crippen LogP contribution in [0.5, 0.6) is 0 Å². The van der Waals surface area contributed by atoms with Crippen LogP contribution in [0.25, 0.3) is 0 Å². The molecule has 196 valence electrons. The van der Waals surface area contributed by atoms with Gasteiger partial charge in [0.2, 0.25) is 5.91 Å². The van der Waals surface area contributed by atoms with Crippen molar-refractivity contribution in [3.05, 3.63) is 59.7 Å². The fraction of sp³-hybridized carbons (Fsp3) is 0.552. The van der Waals surface area contributed by atoms with Crippen LogP contribution in [-0.4, -0.2) is 43.0 Å². The summed E-state index contributed by atoms with van der Waals surface area (Å²) in [4.78, 5) is 17.1. The molecule has 2 aromatic carbocycles. The van der Waals surface area contributed by atoms with E-state index < -0.39 is 11.7 Å². The first kappa shape index (κ1) is 26.4. The van der Waals surface area contributed by atoms with Crippen molar-refractivity contribution in [2.24, 2.45) is 5.92 Å². The highest BCUT2D eigenvalue weighted by molar-refractivity contribution is 5.76. The summed E-state index contributed by atoms with van der Waals surface area (Å²) in [6.45, 7) is 5.46. The Morgan fingerprint density at radius 3 is 2.31 bits per heavy atom. The zero-order valence-electron chi connectivity index (χ0n) is 21.2. The van der Waals surface area contributed by atoms with Gasteiger partial charge in [0, 0.05) is 50.0 Å². The Balaban J connectivity index is 1.16. The van der Waals surface area contributed by atoms with Crippen molar-refractivity contribution in [1.29, 1.82) is 0 Å². The van der Waals surface area contributed by atoms with Crippen molar-refractivity contribution in [1.82, 2.24) is 4.90 Å². The first-order valence-electron chi connectivity index (χ1n) is 13.4. The lowest BCUT2D eigenvalue weighted by molar-refractivity contribution is -0.137. The zero-order chi connectivity index (χ0) is 25.5. The quantitative estimate of drug-likeness (QED) is 0.434. The Labute approximate surface area is 212 Å². The van der Waals surface area contributed by atoms with Gasteiger partial charge in [-0.25, -0.2) is 0 Å². The number of rotatable bonds is 8. The van der Waals surface area contributed by atoms with Crippen molar-refractivity contribution in [2.75, 3.05) is 36.4 Å². The molecule has 0 unspecified atom stereocenters. The molecule has 0 aromatic heterocycles. The van der Waals surface area contributed by atoms with Gasteiger partial charge in [-0.1, -0.05) is 19.1 Å². The molecular formula is C29H38F3N3O. The molecular weight excluding hydrogens is 463 g/mol. The molecule has 0 aliphatic carbocycles. The van der Waals surface area contributed by atoms with Crippen LogP contribution in [0, 0.1) is 5.92 Å². The molecule has 7 heteroatoms. The number of likely N-dealkylation sites (tertiary alicyclic amines) is 1. The van der Waals surface area contributed by atoms with E-state index in [2.05, 4.69) is 41.4 Å². The van der Waals surface area contributed by atoms with Gasteiger partial charge in [-0.15, -0.1) is 0 Å². The number of nitrogens with one attached hydrogen (secondary N) is 1. The van der Waals surface area contributed by atoms with Gasteiger partial charge in [0.05, 0.1) is 5.56 Å². The number of hydrogen-bond acceptors (Lipinski definition) is 3. The van der Waals surface area contributed by atoms with Crippen molar-refractivity contribution in [2.45, 2.75) is 70.5 Å². The van der Waals surface area contributed by atoms with Gasteiger partial charge < -0.3 is 15.1 Å². The summed E-state index contributed by atoms with van der Waals surface area (Å²) in [5.74, 6) is 0.829. The van der Waals surface area contributed by atoms with E-state index in [-0.39, 0.29) is 5.91 Å². The molecule has 0 saturated carbocycles. The zero-order valence-corrected chi connectivity index (χ0v) is 21.2. The molecule has 0 spiro atoms. The molecule has 2 fully saturated rings. The second kappa shape index (κ2) is 12.0. The number of hydrogen-bond donors (Lipinski definition) is 1. The molecule has 4 nitrogen and oxygen atoms in total. The van der Waals surface area contributed by atoms with Crippen LogP contribution in [0.1, 0.15) is 63.0 Å². The molecule has 1 atom stereocenters. The molecule has 2 aromatic rings. The average molecular weight is 502 g/mol. The Kier molecular flexibility index (Phi) is 8.81. The van der Waals surface area contributed by atoms with E-state index in [1.807, 2.05) is 4.90 Å². The summed E-state index contributed by atoms with van der Waals surface area (Å²) in [6.07, 6.45) is 3.40. The topological polar surface area (TPSA) is 35.6 Å². The minimum absolute atomic E-state index is 0.255. The van der Waals surface area contributed by atoms with Gasteiger partial charge in [-0.05, 0) is 92.8 Å². The molecule has 2 aliphatic rings. The maximum Gasteiger partial charge on any atom is 0.416 e. The standard InChI is InChI=1S/C29H38F3N3O/c1-2-22-8-12-25(13-9-22)33-26-6-4-18-35(21-26)28(36)7-3-5-23-16-19-34(20-17-23)27-14-10-24(11-15-27)29(30,31)32/h8-15,23,26,33H,2-7,16-21H2,1H3/t26-/m0/s1. The van der Waals surface area contributed by atoms with Crippen LogP contribution in [0.4, 0.5) is 24.5 Å². The number of aryl methyl sites for hydroxylation is 1. The second-order valence-electron chi connectivity index (χ2n) is 10.2. The smallest absolute Gasteiger partial charge is 0.381 e. The number of carbonyl (C=O) groups excluding carboxylic acids is 1. The molecule has 0 radical (unpaired) electrons. The predicted octanol–water partition coefficient (Wildman–Crippen LogP) is 6.76. The van der Waals surface area contributed by atoms with E-state index in [0.717, 1.165) is 94.6 Å². The van der Waals surface area contributed by atoms with Crippen LogP contribution < -0.4 is 10.2 Å². The minimum atomic E-state index is -4.30. The normalized spacial score (nSPS) is 19.4. The summed E-state index contributed by atoms with van der Waals surface area (Å²) >= 11 is 0. The van der Waals surface area contributed by atoms with Gasteiger partial charge in [-0.2, -0.15) is 13.2 Å². The van der Waals surface area contributed by atoms with Crippen LogP contribution in [0.2, 0.25) is 0 Å². The van der Waals surface area contributed by atoms with Gasteiger partial charge >= 0.3 is 6.18 Å². The third-order valence-electron chi connectivity index (χ3n) is 7.68. The SMILES string of the molecule is CCc1ccc(N[C@H]2CCCN(C(=O)CCCC3CCN(c4ccc(C(F)(F)F)cc4)CC3)C2)cc1. The van der Waals surface area contributed by atoms with E-state index in [1.165, 1.54) is 5.56 Å². The van der Waals surface area contributed by atoms with E-state index in [0.29, 0.717) is 18.4 Å². The molecule has 0 bridgehead atoms. The van der Waals surface area contributed by atoms with E-state index in [4.69, 9.17) is 0 Å². The predicted molar refractivity (Wildman–Crippen MR) is 139 cm³/mol. The van der Waals surface area contributed by atoms with Gasteiger partial charge in [0.1, 0.15) is 0 Å². The highest BCUT2D eigenvalue weighted by atomic mass is 19.4. The number of nitrogens with zero attached hydrogens (tertiary/aromatic N) is 2. The molecule has 4 rings (SSSR count). The fourth-order valence-electron chi connectivity index (χ4n) is 5.44. The lowest BCUT2D eigenvalue weighted by atomic mass is 9.91. The van der Waals surface area contributed by atoms with E-state index in [1.54, 1.807) is 12.1 Å². The number of amides is 1. The van der Waals surface area contributed by atoms with Crippen molar-refractivity contribution in [3.63, 3.8) is 0 Å². The van der Waals surface area contributed by atoms with Crippen molar-refractivity contribution < 1.29 is 18.0 Å². The van der Waals surface area contributed by atoms with Crippen molar-refractivity contribution >= 4 is 17.3 Å². The summed E-state index contributed by atoms with van der Waals surface area (Å²) < 4.78 is 38.4. The maximum absolute atomic E-state index is 12.9. The van der Waals surface area contributed by atoms with Crippen LogP contribution in [-0.2, 0) is 17.4 Å². The summed E-state index contributed by atoms with van der Waals surface area (Å²) in [5.41, 5.74) is 2.69. The first-order chi connectivity index (χ1) is 17.3. The number of halogens is 3. The highest BCUT2D eigenvalue weighted by Gasteiger charge is 2.30. The number of piperidine rings is 2. The van der Waals surface area contributed by atoms with E-state index >= 15 is 0 Å². The monoisotopic (exact) mass is 501 g/mol. The Morgan fingerprint density at radius 1 is 0.972 bits per heavy atom. The van der Waals surface area contributed by atoms with Crippen LogP contribution in [0.3, 0.4) is 0 Å². The minimum Gasteiger partial charge on any atom is -0.381 e. The number of anilines is 2. The molecule has 2 saturated heterocycles. The van der Waals surface area contributed by atoms with Gasteiger partial charge in [0.25, 0.3) is 0 Å². The number of carbonyl (C=O) groups is 1. The van der Waals surface area contributed by atoms with Crippen LogP contribution in [0.15, 0.2) is 48.5 Å². The molecule has 1 amide bonds. The third kappa shape index (κ3) is 7.17. The first-order valence-corrected chi connectivity index (χ1v) is 13.4. The van der Waals surface area contributed by atoms with Gasteiger partial charge in [0.15, 0.2) is 0 Å². The average Bonchev–Trinajstić information content (AvgIpc) is 2.89. The second-order valence-corrected chi connectivity index (χ2v) is 10.2. The highest BCUT2D eigenvalue weighted by Crippen LogP contribution is 2.32. The number of benzene rings is 2. The molecule has 2 heterocycles.